The van der Waals surface area contributed by atoms with Crippen LogP contribution < -0.4 is 5.73 Å². The Bertz CT molecular complexity index is 534. The molecule has 0 spiro atoms. The quantitative estimate of drug-likeness (QED) is 0.804. The molecule has 0 radical (unpaired) electrons. The van der Waals surface area contributed by atoms with Crippen LogP contribution in [-0.4, -0.2) is 14.9 Å². The van der Waals surface area contributed by atoms with Gasteiger partial charge < -0.3 is 10.8 Å². The molecule has 4 nitrogen and oxygen atoms in total. The van der Waals surface area contributed by atoms with Gasteiger partial charge >= 0.3 is 0 Å². The third-order valence-electron chi connectivity index (χ3n) is 2.25. The van der Waals surface area contributed by atoms with E-state index in [2.05, 4.69) is 5.10 Å². The number of benzene rings is 1. The van der Waals surface area contributed by atoms with E-state index >= 15 is 0 Å². The molecule has 0 aliphatic rings. The van der Waals surface area contributed by atoms with E-state index in [1.165, 1.54) is 22.9 Å². The number of anilines is 1. The third kappa shape index (κ3) is 1.59. The van der Waals surface area contributed by atoms with E-state index in [0.29, 0.717) is 11.5 Å². The fraction of sp³-hybridized carbons (Fsp3) is 0.100. The van der Waals surface area contributed by atoms with E-state index in [-0.39, 0.29) is 16.3 Å². The second kappa shape index (κ2) is 3.68. The van der Waals surface area contributed by atoms with Crippen LogP contribution >= 0.6 is 11.6 Å². The second-order valence-corrected chi connectivity index (χ2v) is 3.72. The van der Waals surface area contributed by atoms with Crippen LogP contribution in [0.1, 0.15) is 0 Å². The van der Waals surface area contributed by atoms with Crippen molar-refractivity contribution >= 4 is 17.4 Å². The van der Waals surface area contributed by atoms with Crippen LogP contribution in [0.5, 0.6) is 5.75 Å². The number of phenolic OH excluding ortho intramolecular Hbond substituents is 1. The molecule has 2 aromatic rings. The number of nitrogens with zero attached hydrogens (tertiary/aromatic N) is 2. The number of rotatable bonds is 1. The Morgan fingerprint density at radius 1 is 1.50 bits per heavy atom. The lowest BCUT2D eigenvalue weighted by Gasteiger charge is -2.02. The molecule has 1 aromatic carbocycles. The summed E-state index contributed by atoms with van der Waals surface area (Å²) in [5.74, 6) is -0.592. The lowest BCUT2D eigenvalue weighted by Crippen LogP contribution is -1.96. The van der Waals surface area contributed by atoms with Gasteiger partial charge in [0.15, 0.2) is 5.82 Å². The highest BCUT2D eigenvalue weighted by molar-refractivity contribution is 6.32. The molecule has 1 heterocycles. The average molecular weight is 242 g/mol. The molecule has 0 saturated carbocycles. The SMILES string of the molecule is Cn1nc(-c2ccc(O)c(Cl)c2F)cc1N. The highest BCUT2D eigenvalue weighted by Crippen LogP contribution is 2.33. The molecule has 0 bridgehead atoms. The molecule has 0 saturated heterocycles. The van der Waals surface area contributed by atoms with Crippen LogP contribution in [0.3, 0.4) is 0 Å². The van der Waals surface area contributed by atoms with Gasteiger partial charge in [-0.15, -0.1) is 0 Å². The predicted molar refractivity (Wildman–Crippen MR) is 59.7 cm³/mol. The first-order chi connectivity index (χ1) is 7.50. The first kappa shape index (κ1) is 10.8. The maximum atomic E-state index is 13.7. The first-order valence-corrected chi connectivity index (χ1v) is 4.85. The van der Waals surface area contributed by atoms with E-state index in [9.17, 15) is 9.50 Å². The number of aryl methyl sites for hydroxylation is 1. The van der Waals surface area contributed by atoms with Crippen LogP contribution in [0.15, 0.2) is 18.2 Å². The fourth-order valence-electron chi connectivity index (χ4n) is 1.35. The van der Waals surface area contributed by atoms with E-state index in [0.717, 1.165) is 0 Å². The normalized spacial score (nSPS) is 10.7. The summed E-state index contributed by atoms with van der Waals surface area (Å²) in [6, 6.07) is 4.25. The van der Waals surface area contributed by atoms with Crippen molar-refractivity contribution < 1.29 is 9.50 Å². The van der Waals surface area contributed by atoms with Gasteiger partial charge in [-0.25, -0.2) is 4.39 Å². The zero-order valence-electron chi connectivity index (χ0n) is 8.41. The van der Waals surface area contributed by atoms with Gasteiger partial charge in [0.05, 0.1) is 5.69 Å². The highest BCUT2D eigenvalue weighted by Gasteiger charge is 2.15. The first-order valence-electron chi connectivity index (χ1n) is 4.47. The van der Waals surface area contributed by atoms with Crippen LogP contribution in [0.25, 0.3) is 11.3 Å². The molecular formula is C10H9ClFN3O. The molecule has 16 heavy (non-hydrogen) atoms. The number of halogens is 2. The second-order valence-electron chi connectivity index (χ2n) is 3.34. The zero-order valence-corrected chi connectivity index (χ0v) is 9.16. The minimum atomic E-state index is -0.709. The average Bonchev–Trinajstić information content (AvgIpc) is 2.56. The zero-order chi connectivity index (χ0) is 11.9. The Balaban J connectivity index is 2.61. The van der Waals surface area contributed by atoms with Gasteiger partial charge in [-0.1, -0.05) is 11.6 Å². The minimum absolute atomic E-state index is 0.204. The summed E-state index contributed by atoms with van der Waals surface area (Å²) in [6.07, 6.45) is 0. The number of hydrogen-bond acceptors (Lipinski definition) is 3. The van der Waals surface area contributed by atoms with Crippen LogP contribution in [0.4, 0.5) is 10.2 Å². The van der Waals surface area contributed by atoms with Crippen LogP contribution in [0, 0.1) is 5.82 Å². The van der Waals surface area contributed by atoms with E-state index in [1.807, 2.05) is 0 Å². The molecule has 0 amide bonds. The molecule has 1 aromatic heterocycles. The number of nitrogens with two attached hydrogens (primary N) is 1. The van der Waals surface area contributed by atoms with Gasteiger partial charge in [0.1, 0.15) is 16.6 Å². The van der Waals surface area contributed by atoms with Gasteiger partial charge in [-0.05, 0) is 12.1 Å². The molecule has 0 aliphatic heterocycles. The predicted octanol–water partition coefficient (Wildman–Crippen LogP) is 2.17. The summed E-state index contributed by atoms with van der Waals surface area (Å²) in [7, 11) is 1.65. The van der Waals surface area contributed by atoms with E-state index < -0.39 is 5.82 Å². The van der Waals surface area contributed by atoms with Crippen molar-refractivity contribution in [1.82, 2.24) is 9.78 Å². The smallest absolute Gasteiger partial charge is 0.155 e. The number of nitrogen functional groups attached to an aromatic ring is 1. The van der Waals surface area contributed by atoms with Crippen molar-refractivity contribution in [2.24, 2.45) is 7.05 Å². The number of hydrogen-bond donors (Lipinski definition) is 2. The summed E-state index contributed by atoms with van der Waals surface area (Å²) >= 11 is 5.59. The molecule has 0 unspecified atom stereocenters. The molecule has 2 rings (SSSR count). The number of phenols is 1. The Hall–Kier alpha value is -1.75. The maximum Gasteiger partial charge on any atom is 0.155 e. The Morgan fingerprint density at radius 2 is 2.19 bits per heavy atom. The standard InChI is InChI=1S/C10H9ClFN3O/c1-15-8(13)4-6(14-15)5-2-3-7(16)9(11)10(5)12/h2-4,16H,13H2,1H3. The van der Waals surface area contributed by atoms with Crippen molar-refractivity contribution in [2.45, 2.75) is 0 Å². The monoisotopic (exact) mass is 241 g/mol. The van der Waals surface area contributed by atoms with Gasteiger partial charge in [0.25, 0.3) is 0 Å². The van der Waals surface area contributed by atoms with Crippen LogP contribution in [-0.2, 0) is 7.05 Å². The lowest BCUT2D eigenvalue weighted by atomic mass is 10.1. The fourth-order valence-corrected chi connectivity index (χ4v) is 1.52. The third-order valence-corrected chi connectivity index (χ3v) is 2.61. The highest BCUT2D eigenvalue weighted by atomic mass is 35.5. The summed E-state index contributed by atoms with van der Waals surface area (Å²) in [5, 5.41) is 12.9. The van der Waals surface area contributed by atoms with Crippen molar-refractivity contribution in [2.75, 3.05) is 5.73 Å². The molecular weight excluding hydrogens is 233 g/mol. The van der Waals surface area contributed by atoms with E-state index in [4.69, 9.17) is 17.3 Å². The maximum absolute atomic E-state index is 13.7. The Morgan fingerprint density at radius 3 is 2.75 bits per heavy atom. The van der Waals surface area contributed by atoms with Crippen molar-refractivity contribution in [3.63, 3.8) is 0 Å². The number of aromatic hydroxyl groups is 1. The van der Waals surface area contributed by atoms with Crippen LogP contribution in [0.2, 0.25) is 5.02 Å². The summed E-state index contributed by atoms with van der Waals surface area (Å²) in [5.41, 5.74) is 6.17. The topological polar surface area (TPSA) is 64.1 Å². The van der Waals surface area contributed by atoms with Crippen molar-refractivity contribution in [3.8, 4) is 17.0 Å². The molecule has 84 valence electrons. The van der Waals surface area contributed by atoms with Gasteiger partial charge in [-0.2, -0.15) is 5.10 Å². The molecule has 0 atom stereocenters. The Kier molecular flexibility index (Phi) is 2.47. The summed E-state index contributed by atoms with van der Waals surface area (Å²) < 4.78 is 15.1. The molecule has 3 N–H and O–H groups in total. The van der Waals surface area contributed by atoms with Gasteiger partial charge in [0, 0.05) is 18.7 Å². The van der Waals surface area contributed by atoms with E-state index in [1.54, 1.807) is 7.05 Å². The molecule has 0 aliphatic carbocycles. The summed E-state index contributed by atoms with van der Waals surface area (Å²) in [4.78, 5) is 0. The van der Waals surface area contributed by atoms with Gasteiger partial charge in [0.2, 0.25) is 0 Å². The molecule has 6 heteroatoms. The van der Waals surface area contributed by atoms with Crippen molar-refractivity contribution in [3.05, 3.63) is 29.0 Å². The molecule has 0 fully saturated rings. The Labute approximate surface area is 96.1 Å². The number of aromatic nitrogens is 2. The van der Waals surface area contributed by atoms with Gasteiger partial charge in [-0.3, -0.25) is 4.68 Å². The largest absolute Gasteiger partial charge is 0.506 e. The van der Waals surface area contributed by atoms with Crippen molar-refractivity contribution in [1.29, 1.82) is 0 Å². The summed E-state index contributed by atoms with van der Waals surface area (Å²) in [6.45, 7) is 0. The lowest BCUT2D eigenvalue weighted by molar-refractivity contribution is 0.470. The minimum Gasteiger partial charge on any atom is -0.506 e.